The van der Waals surface area contributed by atoms with Crippen molar-refractivity contribution >= 4 is 65.0 Å². The van der Waals surface area contributed by atoms with E-state index in [0.717, 1.165) is 55.9 Å². The van der Waals surface area contributed by atoms with Crippen LogP contribution in [0.1, 0.15) is 19.8 Å². The monoisotopic (exact) mass is 431 g/mol. The fourth-order valence-electron chi connectivity index (χ4n) is 3.02. The molecule has 2 aromatic carbocycles. The standard InChI is InChI=1S/C18H15Br2N3/c1-2-3-8-23-17-12(9-11(19)10-13(17)20)16-18(23)22-15-7-5-4-6-14(15)21-16/h4-7,9-10H,2-3,8H2,1H3. The molecule has 0 atom stereocenters. The quantitative estimate of drug-likeness (QED) is 0.393. The number of hydrogen-bond acceptors (Lipinski definition) is 2. The molecule has 0 saturated heterocycles. The van der Waals surface area contributed by atoms with Gasteiger partial charge < -0.3 is 4.57 Å². The first-order valence-corrected chi connectivity index (χ1v) is 9.31. The molecule has 2 aromatic heterocycles. The van der Waals surface area contributed by atoms with E-state index in [1.807, 2.05) is 24.3 Å². The summed E-state index contributed by atoms with van der Waals surface area (Å²) in [4.78, 5) is 9.79. The fraction of sp³-hybridized carbons (Fsp3) is 0.222. The lowest BCUT2D eigenvalue weighted by molar-refractivity contribution is 0.660. The Labute approximate surface area is 151 Å². The Balaban J connectivity index is 2.18. The van der Waals surface area contributed by atoms with Crippen LogP contribution in [0.2, 0.25) is 0 Å². The van der Waals surface area contributed by atoms with Gasteiger partial charge in [-0.15, -0.1) is 0 Å². The van der Waals surface area contributed by atoms with E-state index in [0.29, 0.717) is 0 Å². The number of aryl methyl sites for hydroxylation is 1. The number of aromatic nitrogens is 3. The van der Waals surface area contributed by atoms with Crippen LogP contribution in [-0.4, -0.2) is 14.5 Å². The highest BCUT2D eigenvalue weighted by molar-refractivity contribution is 9.11. The smallest absolute Gasteiger partial charge is 0.160 e. The Kier molecular flexibility index (Phi) is 3.85. The molecule has 0 N–H and O–H groups in total. The normalized spacial score (nSPS) is 11.8. The van der Waals surface area contributed by atoms with Crippen molar-refractivity contribution in [1.82, 2.24) is 14.5 Å². The summed E-state index contributed by atoms with van der Waals surface area (Å²) in [5.74, 6) is 0. The molecular formula is C18H15Br2N3. The predicted molar refractivity (Wildman–Crippen MR) is 103 cm³/mol. The van der Waals surface area contributed by atoms with Gasteiger partial charge in [-0.25, -0.2) is 9.97 Å². The largest absolute Gasteiger partial charge is 0.323 e. The highest BCUT2D eigenvalue weighted by Crippen LogP contribution is 2.35. The molecule has 116 valence electrons. The van der Waals surface area contributed by atoms with Gasteiger partial charge in [0.1, 0.15) is 5.52 Å². The maximum Gasteiger partial charge on any atom is 0.160 e. The minimum atomic E-state index is 0.936. The maximum absolute atomic E-state index is 4.90. The number of hydrogen-bond donors (Lipinski definition) is 0. The van der Waals surface area contributed by atoms with Crippen LogP contribution in [0.25, 0.3) is 33.1 Å². The number of fused-ring (bicyclic) bond motifs is 4. The van der Waals surface area contributed by atoms with E-state index in [9.17, 15) is 0 Å². The zero-order chi connectivity index (χ0) is 16.0. The molecule has 0 aliphatic rings. The van der Waals surface area contributed by atoms with Crippen molar-refractivity contribution in [1.29, 1.82) is 0 Å². The Bertz CT molecular complexity index is 1040. The lowest BCUT2D eigenvalue weighted by atomic mass is 10.2. The summed E-state index contributed by atoms with van der Waals surface area (Å²) in [5.41, 5.74) is 4.98. The zero-order valence-corrected chi connectivity index (χ0v) is 15.9. The molecule has 0 bridgehead atoms. The first-order valence-electron chi connectivity index (χ1n) is 7.72. The number of halogens is 2. The van der Waals surface area contributed by atoms with Gasteiger partial charge in [0.15, 0.2) is 5.65 Å². The maximum atomic E-state index is 4.90. The Hall–Kier alpha value is -1.46. The number of benzene rings is 2. The Morgan fingerprint density at radius 2 is 1.78 bits per heavy atom. The van der Waals surface area contributed by atoms with Crippen LogP contribution in [-0.2, 0) is 6.54 Å². The molecular weight excluding hydrogens is 418 g/mol. The second kappa shape index (κ2) is 5.87. The summed E-state index contributed by atoms with van der Waals surface area (Å²) < 4.78 is 4.41. The van der Waals surface area contributed by atoms with Crippen molar-refractivity contribution < 1.29 is 0 Å². The molecule has 0 unspecified atom stereocenters. The molecule has 0 aliphatic carbocycles. The first kappa shape index (κ1) is 15.1. The third kappa shape index (κ3) is 2.46. The van der Waals surface area contributed by atoms with Crippen molar-refractivity contribution in [2.24, 2.45) is 0 Å². The van der Waals surface area contributed by atoms with Gasteiger partial charge >= 0.3 is 0 Å². The van der Waals surface area contributed by atoms with E-state index in [1.165, 1.54) is 5.52 Å². The van der Waals surface area contributed by atoms with Gasteiger partial charge in [0.25, 0.3) is 0 Å². The topological polar surface area (TPSA) is 30.7 Å². The number of nitrogens with zero attached hydrogens (tertiary/aromatic N) is 3. The van der Waals surface area contributed by atoms with E-state index in [2.05, 4.69) is 55.5 Å². The summed E-state index contributed by atoms with van der Waals surface area (Å²) in [5, 5.41) is 1.13. The number of unbranched alkanes of at least 4 members (excludes halogenated alkanes) is 1. The van der Waals surface area contributed by atoms with Crippen molar-refractivity contribution in [3.05, 3.63) is 45.3 Å². The fourth-order valence-corrected chi connectivity index (χ4v) is 4.46. The van der Waals surface area contributed by atoms with Gasteiger partial charge in [0, 0.05) is 20.9 Å². The molecule has 2 heterocycles. The van der Waals surface area contributed by atoms with E-state index in [-0.39, 0.29) is 0 Å². The highest BCUT2D eigenvalue weighted by Gasteiger charge is 2.17. The predicted octanol–water partition coefficient (Wildman–Crippen LogP) is 6.06. The zero-order valence-electron chi connectivity index (χ0n) is 12.7. The lowest BCUT2D eigenvalue weighted by Gasteiger charge is -2.07. The second-order valence-electron chi connectivity index (χ2n) is 5.67. The van der Waals surface area contributed by atoms with Gasteiger partial charge in [-0.1, -0.05) is 41.4 Å². The summed E-state index contributed by atoms with van der Waals surface area (Å²) >= 11 is 7.31. The molecule has 0 amide bonds. The molecule has 0 saturated carbocycles. The van der Waals surface area contributed by atoms with Crippen LogP contribution in [0.4, 0.5) is 0 Å². The Morgan fingerprint density at radius 3 is 2.52 bits per heavy atom. The van der Waals surface area contributed by atoms with Gasteiger partial charge in [0.05, 0.1) is 16.6 Å². The van der Waals surface area contributed by atoms with E-state index < -0.39 is 0 Å². The average molecular weight is 433 g/mol. The van der Waals surface area contributed by atoms with E-state index in [1.54, 1.807) is 0 Å². The van der Waals surface area contributed by atoms with Gasteiger partial charge in [0.2, 0.25) is 0 Å². The molecule has 5 heteroatoms. The summed E-state index contributed by atoms with van der Waals surface area (Å²) in [6, 6.07) is 12.3. The van der Waals surface area contributed by atoms with Crippen molar-refractivity contribution in [3.8, 4) is 0 Å². The van der Waals surface area contributed by atoms with Crippen LogP contribution < -0.4 is 0 Å². The molecule has 3 nitrogen and oxygen atoms in total. The van der Waals surface area contributed by atoms with Crippen molar-refractivity contribution in [2.45, 2.75) is 26.3 Å². The van der Waals surface area contributed by atoms with Crippen molar-refractivity contribution in [2.75, 3.05) is 0 Å². The molecule has 23 heavy (non-hydrogen) atoms. The van der Waals surface area contributed by atoms with Gasteiger partial charge in [-0.3, -0.25) is 0 Å². The molecule has 0 spiro atoms. The summed E-state index contributed by atoms with van der Waals surface area (Å²) in [6.45, 7) is 3.16. The summed E-state index contributed by atoms with van der Waals surface area (Å²) in [7, 11) is 0. The molecule has 0 fully saturated rings. The SMILES string of the molecule is CCCCn1c2nc3ccccc3nc2c2cc(Br)cc(Br)c21. The van der Waals surface area contributed by atoms with Crippen LogP contribution in [0.5, 0.6) is 0 Å². The average Bonchev–Trinajstić information content (AvgIpc) is 2.84. The molecule has 4 rings (SSSR count). The third-order valence-corrected chi connectivity index (χ3v) is 5.16. The van der Waals surface area contributed by atoms with E-state index >= 15 is 0 Å². The first-order chi connectivity index (χ1) is 11.2. The molecule has 4 aromatic rings. The van der Waals surface area contributed by atoms with Crippen LogP contribution >= 0.6 is 31.9 Å². The number of rotatable bonds is 3. The second-order valence-corrected chi connectivity index (χ2v) is 7.44. The Morgan fingerprint density at radius 1 is 1.04 bits per heavy atom. The van der Waals surface area contributed by atoms with Gasteiger partial charge in [-0.2, -0.15) is 0 Å². The minimum Gasteiger partial charge on any atom is -0.323 e. The van der Waals surface area contributed by atoms with Gasteiger partial charge in [-0.05, 0) is 46.6 Å². The minimum absolute atomic E-state index is 0.936. The number of para-hydroxylation sites is 2. The third-order valence-electron chi connectivity index (χ3n) is 4.10. The van der Waals surface area contributed by atoms with Crippen LogP contribution in [0.3, 0.4) is 0 Å². The summed E-state index contributed by atoms with van der Waals surface area (Å²) in [6.07, 6.45) is 2.27. The van der Waals surface area contributed by atoms with Crippen LogP contribution in [0, 0.1) is 0 Å². The molecule has 0 radical (unpaired) electrons. The van der Waals surface area contributed by atoms with Crippen LogP contribution in [0.15, 0.2) is 45.3 Å². The highest BCUT2D eigenvalue weighted by atomic mass is 79.9. The molecule has 0 aliphatic heterocycles. The van der Waals surface area contributed by atoms with E-state index in [4.69, 9.17) is 9.97 Å². The lowest BCUT2D eigenvalue weighted by Crippen LogP contribution is -1.99. The van der Waals surface area contributed by atoms with Crippen molar-refractivity contribution in [3.63, 3.8) is 0 Å².